The first kappa shape index (κ1) is 17.6. The summed E-state index contributed by atoms with van der Waals surface area (Å²) in [6, 6.07) is 8.65. The Hall–Kier alpha value is -2.81. The fourth-order valence-electron chi connectivity index (χ4n) is 3.08. The van der Waals surface area contributed by atoms with Crippen LogP contribution in [0, 0.1) is 5.92 Å². The number of benzene rings is 1. The van der Waals surface area contributed by atoms with Crippen molar-refractivity contribution in [2.75, 3.05) is 13.2 Å². The predicted octanol–water partition coefficient (Wildman–Crippen LogP) is 3.59. The number of ether oxygens (including phenoxy) is 2. The Kier molecular flexibility index (Phi) is 4.39. The Morgan fingerprint density at radius 2 is 1.96 bits per heavy atom. The summed E-state index contributed by atoms with van der Waals surface area (Å²) in [7, 11) is 0. The first-order valence-electron chi connectivity index (χ1n) is 8.33. The van der Waals surface area contributed by atoms with Gasteiger partial charge in [0.25, 0.3) is 0 Å². The first-order chi connectivity index (χ1) is 12.9. The Morgan fingerprint density at radius 3 is 2.63 bits per heavy atom. The van der Waals surface area contributed by atoms with Gasteiger partial charge in [-0.3, -0.25) is 4.57 Å². The zero-order valence-electron chi connectivity index (χ0n) is 14.0. The van der Waals surface area contributed by atoms with Crippen molar-refractivity contribution in [1.82, 2.24) is 9.55 Å². The number of aromatic nitrogens is 2. The van der Waals surface area contributed by atoms with E-state index in [9.17, 15) is 18.0 Å². The molecule has 0 saturated carbocycles. The highest BCUT2D eigenvalue weighted by Gasteiger charge is 2.31. The molecule has 2 aromatic heterocycles. The van der Waals surface area contributed by atoms with Gasteiger partial charge < -0.3 is 13.9 Å². The van der Waals surface area contributed by atoms with Gasteiger partial charge in [0.05, 0.1) is 12.3 Å². The Balaban J connectivity index is 1.65. The molecule has 0 spiro atoms. The van der Waals surface area contributed by atoms with Crippen LogP contribution in [0.1, 0.15) is 6.42 Å². The van der Waals surface area contributed by atoms with E-state index in [0.717, 1.165) is 6.42 Å². The maximum atomic E-state index is 12.3. The summed E-state index contributed by atoms with van der Waals surface area (Å²) in [6.45, 7) is 1.69. The van der Waals surface area contributed by atoms with Gasteiger partial charge in [-0.2, -0.15) is 0 Å². The topological polar surface area (TPSA) is 66.5 Å². The fourth-order valence-corrected chi connectivity index (χ4v) is 3.08. The van der Waals surface area contributed by atoms with Crippen LogP contribution >= 0.6 is 0 Å². The lowest BCUT2D eigenvalue weighted by Gasteiger charge is -2.09. The monoisotopic (exact) mass is 380 g/mol. The third-order valence-corrected chi connectivity index (χ3v) is 4.36. The van der Waals surface area contributed by atoms with E-state index in [1.165, 1.54) is 28.8 Å². The minimum Gasteiger partial charge on any atom is -0.406 e. The van der Waals surface area contributed by atoms with Crippen molar-refractivity contribution in [3.8, 4) is 17.0 Å². The molecule has 9 heteroatoms. The summed E-state index contributed by atoms with van der Waals surface area (Å²) in [4.78, 5) is 16.6. The standard InChI is InChI=1S/C18H15F3N2O4/c19-18(20,21)27-13-3-1-12(2-4-13)14-5-6-15-16(22-14)23(17(24)26-15)9-11-7-8-25-10-11/h1-6,11H,7-10H2/t11-/m0/s1. The van der Waals surface area contributed by atoms with Gasteiger partial charge in [-0.05, 0) is 42.8 Å². The molecule has 0 unspecified atom stereocenters. The molecule has 3 aromatic rings. The van der Waals surface area contributed by atoms with Crippen molar-refractivity contribution in [1.29, 1.82) is 0 Å². The number of pyridine rings is 1. The maximum Gasteiger partial charge on any atom is 0.573 e. The molecule has 0 bridgehead atoms. The predicted molar refractivity (Wildman–Crippen MR) is 89.3 cm³/mol. The molecular weight excluding hydrogens is 365 g/mol. The lowest BCUT2D eigenvalue weighted by atomic mass is 10.1. The second-order valence-electron chi connectivity index (χ2n) is 6.30. The SMILES string of the molecule is O=c1oc2ccc(-c3ccc(OC(F)(F)F)cc3)nc2n1C[C@@H]1CCOC1. The van der Waals surface area contributed by atoms with Crippen LogP contribution in [-0.4, -0.2) is 29.1 Å². The van der Waals surface area contributed by atoms with Crippen molar-refractivity contribution in [3.63, 3.8) is 0 Å². The van der Waals surface area contributed by atoms with E-state index in [0.29, 0.717) is 42.2 Å². The lowest BCUT2D eigenvalue weighted by molar-refractivity contribution is -0.274. The van der Waals surface area contributed by atoms with Crippen LogP contribution in [0.3, 0.4) is 0 Å². The third kappa shape index (κ3) is 3.82. The average molecular weight is 380 g/mol. The molecule has 0 radical (unpaired) electrons. The van der Waals surface area contributed by atoms with E-state index >= 15 is 0 Å². The Morgan fingerprint density at radius 1 is 1.19 bits per heavy atom. The molecule has 0 aliphatic carbocycles. The number of nitrogens with zero attached hydrogens (tertiary/aromatic N) is 2. The van der Waals surface area contributed by atoms with Crippen LogP contribution in [0.4, 0.5) is 13.2 Å². The van der Waals surface area contributed by atoms with Crippen LogP contribution in [0.2, 0.25) is 0 Å². The van der Waals surface area contributed by atoms with Crippen molar-refractivity contribution in [3.05, 3.63) is 46.9 Å². The molecule has 1 atom stereocenters. The van der Waals surface area contributed by atoms with Crippen molar-refractivity contribution < 1.29 is 27.1 Å². The molecule has 142 valence electrons. The molecule has 1 aliphatic heterocycles. The van der Waals surface area contributed by atoms with Crippen LogP contribution in [0.15, 0.2) is 45.6 Å². The molecule has 1 aromatic carbocycles. The number of fused-ring (bicyclic) bond motifs is 1. The highest BCUT2D eigenvalue weighted by atomic mass is 19.4. The quantitative estimate of drug-likeness (QED) is 0.692. The van der Waals surface area contributed by atoms with Gasteiger partial charge in [0.1, 0.15) is 5.75 Å². The third-order valence-electron chi connectivity index (χ3n) is 4.36. The zero-order valence-corrected chi connectivity index (χ0v) is 14.0. The molecule has 1 aliphatic rings. The van der Waals surface area contributed by atoms with Gasteiger partial charge in [-0.25, -0.2) is 9.78 Å². The highest BCUT2D eigenvalue weighted by molar-refractivity contribution is 5.73. The van der Waals surface area contributed by atoms with E-state index in [4.69, 9.17) is 9.15 Å². The summed E-state index contributed by atoms with van der Waals surface area (Å²) in [5.74, 6) is -0.586. The molecule has 27 heavy (non-hydrogen) atoms. The summed E-state index contributed by atoms with van der Waals surface area (Å²) < 4.78 is 52.7. The van der Waals surface area contributed by atoms with Crippen LogP contribution in [-0.2, 0) is 11.3 Å². The van der Waals surface area contributed by atoms with E-state index in [2.05, 4.69) is 9.72 Å². The van der Waals surface area contributed by atoms with Gasteiger partial charge in [-0.15, -0.1) is 13.2 Å². The smallest absolute Gasteiger partial charge is 0.406 e. The summed E-state index contributed by atoms with van der Waals surface area (Å²) >= 11 is 0. The van der Waals surface area contributed by atoms with Crippen molar-refractivity contribution in [2.24, 2.45) is 5.92 Å². The Labute approximate surface area is 151 Å². The normalized spacial score (nSPS) is 17.5. The maximum absolute atomic E-state index is 12.3. The molecule has 1 saturated heterocycles. The fraction of sp³-hybridized carbons (Fsp3) is 0.333. The average Bonchev–Trinajstić information content (AvgIpc) is 3.23. The number of halogens is 3. The number of alkyl halides is 3. The van der Waals surface area contributed by atoms with Gasteiger partial charge in [-0.1, -0.05) is 0 Å². The number of rotatable bonds is 4. The molecule has 3 heterocycles. The minimum absolute atomic E-state index is 0.216. The lowest BCUT2D eigenvalue weighted by Crippen LogP contribution is -2.20. The number of hydrogen-bond acceptors (Lipinski definition) is 5. The second-order valence-corrected chi connectivity index (χ2v) is 6.30. The van der Waals surface area contributed by atoms with E-state index < -0.39 is 12.1 Å². The van der Waals surface area contributed by atoms with Crippen LogP contribution < -0.4 is 10.5 Å². The first-order valence-corrected chi connectivity index (χ1v) is 8.33. The van der Waals surface area contributed by atoms with Gasteiger partial charge in [0.15, 0.2) is 11.2 Å². The Bertz CT molecular complexity index is 1000. The van der Waals surface area contributed by atoms with Gasteiger partial charge in [0.2, 0.25) is 0 Å². The van der Waals surface area contributed by atoms with Gasteiger partial charge in [0, 0.05) is 24.6 Å². The highest BCUT2D eigenvalue weighted by Crippen LogP contribution is 2.27. The molecule has 4 rings (SSSR count). The summed E-state index contributed by atoms with van der Waals surface area (Å²) in [5.41, 5.74) is 1.87. The largest absolute Gasteiger partial charge is 0.573 e. The van der Waals surface area contributed by atoms with Crippen LogP contribution in [0.25, 0.3) is 22.5 Å². The molecule has 1 fully saturated rings. The van der Waals surface area contributed by atoms with E-state index in [-0.39, 0.29) is 11.7 Å². The van der Waals surface area contributed by atoms with E-state index in [1.54, 1.807) is 12.1 Å². The second kappa shape index (κ2) is 6.73. The van der Waals surface area contributed by atoms with E-state index in [1.807, 2.05) is 0 Å². The molecule has 6 nitrogen and oxygen atoms in total. The van der Waals surface area contributed by atoms with Crippen molar-refractivity contribution >= 4 is 11.2 Å². The number of oxazole rings is 1. The minimum atomic E-state index is -4.74. The number of hydrogen-bond donors (Lipinski definition) is 0. The summed E-state index contributed by atoms with van der Waals surface area (Å²) in [6.07, 6.45) is -3.88. The summed E-state index contributed by atoms with van der Waals surface area (Å²) in [5, 5.41) is 0. The molecule has 0 amide bonds. The molecular formula is C18H15F3N2O4. The molecule has 0 N–H and O–H groups in total. The van der Waals surface area contributed by atoms with Gasteiger partial charge >= 0.3 is 12.1 Å². The zero-order chi connectivity index (χ0) is 19.0. The van der Waals surface area contributed by atoms with Crippen molar-refractivity contribution in [2.45, 2.75) is 19.3 Å². The van der Waals surface area contributed by atoms with Crippen LogP contribution in [0.5, 0.6) is 5.75 Å².